The number of fused-ring (bicyclic) bond motifs is 1. The molecular formula is C16H19FN5O5P. The standard InChI is InChI=1S/C16H19FN5O5P/c1-25-28(24,27-11-5-3-2-4-6-11)10-26-12(7-17)8-22-9-19-13-14(22)20-16(18)21-15(13)23/h2-6,9,12H,7-8,10H2,1H3,(H3,18,20,21,23). The summed E-state index contributed by atoms with van der Waals surface area (Å²) in [5.41, 5.74) is 5.30. The zero-order chi connectivity index (χ0) is 20.1. The SMILES string of the molecule is COP(=O)(COC(CF)Cn1cnc2c(=O)[nH]c(N)nc21)Oc1ccccc1. The van der Waals surface area contributed by atoms with Gasteiger partial charge in [-0.1, -0.05) is 18.2 Å². The van der Waals surface area contributed by atoms with Crippen LogP contribution in [0.3, 0.4) is 0 Å². The molecule has 28 heavy (non-hydrogen) atoms. The number of hydrogen-bond donors (Lipinski definition) is 2. The van der Waals surface area contributed by atoms with Crippen molar-refractivity contribution in [2.75, 3.05) is 25.9 Å². The van der Waals surface area contributed by atoms with Gasteiger partial charge in [0.2, 0.25) is 5.95 Å². The Morgan fingerprint density at radius 1 is 1.36 bits per heavy atom. The number of hydrogen-bond acceptors (Lipinski definition) is 8. The molecule has 0 amide bonds. The van der Waals surface area contributed by atoms with Crippen molar-refractivity contribution >= 4 is 24.7 Å². The molecule has 0 radical (unpaired) electrons. The minimum Gasteiger partial charge on any atom is -0.423 e. The molecule has 2 aromatic heterocycles. The summed E-state index contributed by atoms with van der Waals surface area (Å²) in [7, 11) is -2.43. The minimum absolute atomic E-state index is 0.0298. The molecule has 3 N–H and O–H groups in total. The molecule has 1 aromatic carbocycles. The average Bonchev–Trinajstić information content (AvgIpc) is 3.08. The molecule has 2 heterocycles. The second-order valence-electron chi connectivity index (χ2n) is 5.79. The number of aromatic amines is 1. The lowest BCUT2D eigenvalue weighted by molar-refractivity contribution is 0.0438. The van der Waals surface area contributed by atoms with E-state index in [2.05, 4.69) is 15.0 Å². The fraction of sp³-hybridized carbons (Fsp3) is 0.312. The number of nitrogen functional groups attached to an aromatic ring is 1. The Hall–Kier alpha value is -2.75. The van der Waals surface area contributed by atoms with Crippen molar-refractivity contribution < 1.29 is 22.7 Å². The maximum Gasteiger partial charge on any atom is 0.404 e. The molecule has 0 spiro atoms. The van der Waals surface area contributed by atoms with Gasteiger partial charge in [0.05, 0.1) is 12.9 Å². The van der Waals surface area contributed by atoms with E-state index in [9.17, 15) is 13.8 Å². The van der Waals surface area contributed by atoms with Gasteiger partial charge in [-0.15, -0.1) is 0 Å². The van der Waals surface area contributed by atoms with E-state index in [1.807, 2.05) is 0 Å². The van der Waals surface area contributed by atoms with Crippen molar-refractivity contribution in [3.8, 4) is 5.75 Å². The summed E-state index contributed by atoms with van der Waals surface area (Å²) in [5, 5.41) is 0. The Morgan fingerprint density at radius 3 is 2.79 bits per heavy atom. The zero-order valence-electron chi connectivity index (χ0n) is 14.9. The fourth-order valence-electron chi connectivity index (χ4n) is 2.42. The average molecular weight is 411 g/mol. The number of rotatable bonds is 9. The summed E-state index contributed by atoms with van der Waals surface area (Å²) in [4.78, 5) is 22.1. The Bertz CT molecular complexity index is 1040. The van der Waals surface area contributed by atoms with E-state index in [-0.39, 0.29) is 23.7 Å². The van der Waals surface area contributed by atoms with Crippen molar-refractivity contribution in [1.29, 1.82) is 0 Å². The molecule has 0 bridgehead atoms. The lowest BCUT2D eigenvalue weighted by Gasteiger charge is -2.21. The van der Waals surface area contributed by atoms with Gasteiger partial charge in [-0.25, -0.2) is 13.9 Å². The number of halogens is 1. The maximum absolute atomic E-state index is 13.5. The molecule has 12 heteroatoms. The number of H-pyrrole nitrogens is 1. The highest BCUT2D eigenvalue weighted by atomic mass is 31.2. The number of nitrogens with one attached hydrogen (secondary N) is 1. The van der Waals surface area contributed by atoms with Crippen molar-refractivity contribution in [3.05, 3.63) is 47.0 Å². The van der Waals surface area contributed by atoms with E-state index in [1.165, 1.54) is 18.0 Å². The van der Waals surface area contributed by atoms with Crippen molar-refractivity contribution in [3.63, 3.8) is 0 Å². The largest absolute Gasteiger partial charge is 0.423 e. The third-order valence-corrected chi connectivity index (χ3v) is 5.31. The van der Waals surface area contributed by atoms with E-state index < -0.39 is 32.3 Å². The van der Waals surface area contributed by atoms with Gasteiger partial charge < -0.3 is 24.1 Å². The number of aromatic nitrogens is 4. The third-order valence-electron chi connectivity index (χ3n) is 3.80. The molecule has 0 aliphatic rings. The predicted octanol–water partition coefficient (Wildman–Crippen LogP) is 1.93. The molecule has 0 aliphatic heterocycles. The van der Waals surface area contributed by atoms with Crippen LogP contribution in [0.5, 0.6) is 5.75 Å². The Kier molecular flexibility index (Phi) is 6.08. The number of alkyl halides is 1. The number of ether oxygens (including phenoxy) is 1. The van der Waals surface area contributed by atoms with Crippen LogP contribution in [0.15, 0.2) is 41.5 Å². The summed E-state index contributed by atoms with van der Waals surface area (Å²) in [6.45, 7) is -0.911. The molecule has 0 fully saturated rings. The number of para-hydroxylation sites is 1. The minimum atomic E-state index is -3.65. The van der Waals surface area contributed by atoms with Crippen LogP contribution < -0.4 is 15.8 Å². The van der Waals surface area contributed by atoms with Gasteiger partial charge in [-0.2, -0.15) is 4.98 Å². The van der Waals surface area contributed by atoms with E-state index in [1.54, 1.807) is 30.3 Å². The van der Waals surface area contributed by atoms with Gasteiger partial charge in [0.15, 0.2) is 17.5 Å². The van der Waals surface area contributed by atoms with Crippen LogP contribution in [0.2, 0.25) is 0 Å². The van der Waals surface area contributed by atoms with Crippen molar-refractivity contribution in [1.82, 2.24) is 19.5 Å². The zero-order valence-corrected chi connectivity index (χ0v) is 15.8. The summed E-state index contributed by atoms with van der Waals surface area (Å²) in [6.07, 6.45) is -0.132. The lowest BCUT2D eigenvalue weighted by Crippen LogP contribution is -2.24. The van der Waals surface area contributed by atoms with Crippen LogP contribution in [0, 0.1) is 0 Å². The second kappa shape index (κ2) is 8.51. The van der Waals surface area contributed by atoms with Crippen molar-refractivity contribution in [2.45, 2.75) is 12.6 Å². The van der Waals surface area contributed by atoms with Gasteiger partial charge in [-0.05, 0) is 12.1 Å². The van der Waals surface area contributed by atoms with Crippen LogP contribution in [-0.2, 0) is 20.4 Å². The molecule has 0 saturated carbocycles. The Labute approximate surface area is 159 Å². The summed E-state index contributed by atoms with van der Waals surface area (Å²) < 4.78 is 43.4. The molecular weight excluding hydrogens is 392 g/mol. The molecule has 3 rings (SSSR count). The molecule has 2 unspecified atom stereocenters. The topological polar surface area (TPSA) is 134 Å². The first-order valence-electron chi connectivity index (χ1n) is 8.21. The smallest absolute Gasteiger partial charge is 0.404 e. The Balaban J connectivity index is 1.70. The summed E-state index contributed by atoms with van der Waals surface area (Å²) in [6, 6.07) is 8.44. The van der Waals surface area contributed by atoms with Crippen LogP contribution >= 0.6 is 7.60 Å². The van der Waals surface area contributed by atoms with Crippen LogP contribution in [0.4, 0.5) is 10.3 Å². The van der Waals surface area contributed by atoms with Gasteiger partial charge in [0, 0.05) is 7.11 Å². The second-order valence-corrected chi connectivity index (χ2v) is 7.82. The van der Waals surface area contributed by atoms with E-state index in [0.29, 0.717) is 5.75 Å². The number of anilines is 1. The monoisotopic (exact) mass is 411 g/mol. The number of benzene rings is 1. The summed E-state index contributed by atoms with van der Waals surface area (Å²) in [5.74, 6) is 0.254. The molecule has 10 nitrogen and oxygen atoms in total. The molecule has 2 atom stereocenters. The highest BCUT2D eigenvalue weighted by Gasteiger charge is 2.27. The van der Waals surface area contributed by atoms with Crippen molar-refractivity contribution in [2.24, 2.45) is 0 Å². The molecule has 3 aromatic rings. The first-order chi connectivity index (χ1) is 13.4. The molecule has 0 saturated heterocycles. The van der Waals surface area contributed by atoms with Gasteiger partial charge >= 0.3 is 7.60 Å². The Morgan fingerprint density at radius 2 is 2.11 bits per heavy atom. The van der Waals surface area contributed by atoms with Crippen LogP contribution in [0.1, 0.15) is 0 Å². The third kappa shape index (κ3) is 4.56. The summed E-state index contributed by atoms with van der Waals surface area (Å²) >= 11 is 0. The van der Waals surface area contributed by atoms with Gasteiger partial charge in [0.25, 0.3) is 5.56 Å². The fourth-order valence-corrected chi connectivity index (χ4v) is 3.49. The van der Waals surface area contributed by atoms with Crippen LogP contribution in [-0.4, -0.2) is 45.8 Å². The quantitative estimate of drug-likeness (QED) is 0.510. The van der Waals surface area contributed by atoms with E-state index >= 15 is 0 Å². The van der Waals surface area contributed by atoms with Gasteiger partial charge in [0.1, 0.15) is 18.5 Å². The molecule has 0 aliphatic carbocycles. The normalized spacial score (nSPS) is 14.6. The van der Waals surface area contributed by atoms with E-state index in [0.717, 1.165) is 0 Å². The van der Waals surface area contributed by atoms with E-state index in [4.69, 9.17) is 19.5 Å². The molecule has 150 valence electrons. The first-order valence-corrected chi connectivity index (χ1v) is 9.94. The highest BCUT2D eigenvalue weighted by molar-refractivity contribution is 7.54. The number of imidazole rings is 1. The van der Waals surface area contributed by atoms with Gasteiger partial charge in [-0.3, -0.25) is 9.78 Å². The lowest BCUT2D eigenvalue weighted by atomic mass is 10.3. The first kappa shape index (κ1) is 20.0. The maximum atomic E-state index is 13.5. The van der Waals surface area contributed by atoms with Crippen LogP contribution in [0.25, 0.3) is 11.2 Å². The number of nitrogens with zero attached hydrogens (tertiary/aromatic N) is 3. The highest BCUT2D eigenvalue weighted by Crippen LogP contribution is 2.47. The number of nitrogens with two attached hydrogens (primary N) is 1. The predicted molar refractivity (Wildman–Crippen MR) is 100.0 cm³/mol.